The van der Waals surface area contributed by atoms with Gasteiger partial charge >= 0.3 is 0 Å². The SMILES string of the molecule is Oc1ccc(Cl)cc1-c1nc2cccnc2n1C1CC1. The maximum Gasteiger partial charge on any atom is 0.160 e. The molecule has 1 fully saturated rings. The Morgan fingerprint density at radius 2 is 2.10 bits per heavy atom. The maximum absolute atomic E-state index is 10.1. The second-order valence-corrected chi connectivity index (χ2v) is 5.48. The Balaban J connectivity index is 2.03. The monoisotopic (exact) mass is 285 g/mol. The summed E-state index contributed by atoms with van der Waals surface area (Å²) >= 11 is 6.05. The van der Waals surface area contributed by atoms with E-state index in [-0.39, 0.29) is 5.75 Å². The maximum atomic E-state index is 10.1. The van der Waals surface area contributed by atoms with Crippen LogP contribution in [-0.2, 0) is 0 Å². The van der Waals surface area contributed by atoms with Gasteiger partial charge in [-0.3, -0.25) is 0 Å². The van der Waals surface area contributed by atoms with Crippen molar-refractivity contribution < 1.29 is 5.11 Å². The minimum Gasteiger partial charge on any atom is -0.507 e. The van der Waals surface area contributed by atoms with E-state index in [9.17, 15) is 5.11 Å². The molecule has 20 heavy (non-hydrogen) atoms. The van der Waals surface area contributed by atoms with E-state index in [1.807, 2.05) is 12.1 Å². The van der Waals surface area contributed by atoms with Gasteiger partial charge in [0, 0.05) is 17.3 Å². The summed E-state index contributed by atoms with van der Waals surface area (Å²) in [6.07, 6.45) is 4.01. The third-order valence-electron chi connectivity index (χ3n) is 3.56. The molecule has 1 aliphatic rings. The number of imidazole rings is 1. The summed E-state index contributed by atoms with van der Waals surface area (Å²) in [6, 6.07) is 9.24. The number of halogens is 1. The van der Waals surface area contributed by atoms with E-state index in [2.05, 4.69) is 14.5 Å². The Morgan fingerprint density at radius 1 is 1.25 bits per heavy atom. The number of hydrogen-bond donors (Lipinski definition) is 1. The Morgan fingerprint density at radius 3 is 2.90 bits per heavy atom. The molecule has 4 rings (SSSR count). The van der Waals surface area contributed by atoms with Gasteiger partial charge in [-0.2, -0.15) is 0 Å². The van der Waals surface area contributed by atoms with Crippen molar-refractivity contribution in [3.63, 3.8) is 0 Å². The van der Waals surface area contributed by atoms with Crippen molar-refractivity contribution in [1.29, 1.82) is 0 Å². The number of benzene rings is 1. The van der Waals surface area contributed by atoms with Crippen LogP contribution < -0.4 is 0 Å². The predicted octanol–water partition coefficient (Wildman–Crippen LogP) is 3.79. The third kappa shape index (κ3) is 1.76. The van der Waals surface area contributed by atoms with Gasteiger partial charge in [0.15, 0.2) is 5.65 Å². The predicted molar refractivity (Wildman–Crippen MR) is 77.9 cm³/mol. The lowest BCUT2D eigenvalue weighted by atomic mass is 10.2. The van der Waals surface area contributed by atoms with Crippen LogP contribution in [0.1, 0.15) is 18.9 Å². The van der Waals surface area contributed by atoms with E-state index >= 15 is 0 Å². The molecule has 1 saturated carbocycles. The second-order valence-electron chi connectivity index (χ2n) is 5.04. The highest BCUT2D eigenvalue weighted by Crippen LogP contribution is 2.42. The molecule has 3 aromatic rings. The van der Waals surface area contributed by atoms with Gasteiger partial charge in [-0.05, 0) is 43.2 Å². The molecule has 0 radical (unpaired) electrons. The summed E-state index contributed by atoms with van der Waals surface area (Å²) in [4.78, 5) is 9.05. The minimum absolute atomic E-state index is 0.187. The van der Waals surface area contributed by atoms with E-state index in [1.54, 1.807) is 24.4 Å². The lowest BCUT2D eigenvalue weighted by Gasteiger charge is -2.08. The molecule has 5 heteroatoms. The van der Waals surface area contributed by atoms with Crippen molar-refractivity contribution >= 4 is 22.8 Å². The largest absolute Gasteiger partial charge is 0.507 e. The Bertz CT molecular complexity index is 808. The van der Waals surface area contributed by atoms with Gasteiger partial charge in [0.25, 0.3) is 0 Å². The molecule has 1 aromatic carbocycles. The van der Waals surface area contributed by atoms with Crippen LogP contribution in [0.3, 0.4) is 0 Å². The van der Waals surface area contributed by atoms with Gasteiger partial charge in [-0.25, -0.2) is 9.97 Å². The fraction of sp³-hybridized carbons (Fsp3) is 0.200. The first kappa shape index (κ1) is 11.7. The minimum atomic E-state index is 0.187. The number of pyridine rings is 1. The summed E-state index contributed by atoms with van der Waals surface area (Å²) in [7, 11) is 0. The van der Waals surface area contributed by atoms with Crippen molar-refractivity contribution in [3.8, 4) is 17.1 Å². The van der Waals surface area contributed by atoms with E-state index in [1.165, 1.54) is 0 Å². The average Bonchev–Trinajstić information content (AvgIpc) is 3.21. The van der Waals surface area contributed by atoms with Crippen molar-refractivity contribution in [3.05, 3.63) is 41.6 Å². The standard InChI is InChI=1S/C15H12ClN3O/c16-9-3-6-13(20)11(8-9)14-18-12-2-1-7-17-15(12)19(14)10-4-5-10/h1-3,6-8,10,20H,4-5H2. The van der Waals surface area contributed by atoms with Crippen LogP contribution in [0.25, 0.3) is 22.6 Å². The van der Waals surface area contributed by atoms with Crippen molar-refractivity contribution in [2.45, 2.75) is 18.9 Å². The van der Waals surface area contributed by atoms with Gasteiger partial charge in [-0.1, -0.05) is 11.6 Å². The number of phenols is 1. The number of fused-ring (bicyclic) bond motifs is 1. The van der Waals surface area contributed by atoms with Crippen LogP contribution in [0.5, 0.6) is 5.75 Å². The van der Waals surface area contributed by atoms with Gasteiger partial charge < -0.3 is 9.67 Å². The highest BCUT2D eigenvalue weighted by atomic mass is 35.5. The smallest absolute Gasteiger partial charge is 0.160 e. The van der Waals surface area contributed by atoms with Crippen LogP contribution >= 0.6 is 11.6 Å². The first-order chi connectivity index (χ1) is 9.74. The summed E-state index contributed by atoms with van der Waals surface area (Å²) in [5.74, 6) is 0.924. The molecule has 1 aliphatic carbocycles. The summed E-state index contributed by atoms with van der Waals surface area (Å²) in [6.45, 7) is 0. The molecule has 0 atom stereocenters. The molecule has 2 aromatic heterocycles. The molecule has 0 saturated heterocycles. The van der Waals surface area contributed by atoms with Crippen LogP contribution in [0, 0.1) is 0 Å². The number of nitrogens with zero attached hydrogens (tertiary/aromatic N) is 3. The van der Waals surface area contributed by atoms with E-state index < -0.39 is 0 Å². The summed E-state index contributed by atoms with van der Waals surface area (Å²) in [5.41, 5.74) is 2.36. The number of hydrogen-bond acceptors (Lipinski definition) is 3. The highest BCUT2D eigenvalue weighted by molar-refractivity contribution is 6.30. The number of rotatable bonds is 2. The number of aromatic hydroxyl groups is 1. The van der Waals surface area contributed by atoms with Crippen LogP contribution in [-0.4, -0.2) is 19.6 Å². The molecule has 0 spiro atoms. The fourth-order valence-corrected chi connectivity index (χ4v) is 2.66. The molecule has 0 unspecified atom stereocenters. The second kappa shape index (κ2) is 4.21. The molecule has 100 valence electrons. The first-order valence-electron chi connectivity index (χ1n) is 6.56. The van der Waals surface area contributed by atoms with Crippen LogP contribution in [0.15, 0.2) is 36.5 Å². The third-order valence-corrected chi connectivity index (χ3v) is 3.80. The molecule has 4 nitrogen and oxygen atoms in total. The zero-order valence-electron chi connectivity index (χ0n) is 10.6. The molecule has 0 amide bonds. The zero-order valence-corrected chi connectivity index (χ0v) is 11.4. The first-order valence-corrected chi connectivity index (χ1v) is 6.93. The van der Waals surface area contributed by atoms with Gasteiger partial charge in [0.1, 0.15) is 17.1 Å². The normalized spacial score (nSPS) is 14.8. The van der Waals surface area contributed by atoms with Crippen molar-refractivity contribution in [2.24, 2.45) is 0 Å². The molecule has 1 N–H and O–H groups in total. The molecule has 0 bridgehead atoms. The molecule has 0 aliphatic heterocycles. The van der Waals surface area contributed by atoms with Gasteiger partial charge in [0.05, 0.1) is 5.56 Å². The van der Waals surface area contributed by atoms with E-state index in [0.29, 0.717) is 16.6 Å². The van der Waals surface area contributed by atoms with Gasteiger partial charge in [0.2, 0.25) is 0 Å². The molecule has 2 heterocycles. The van der Waals surface area contributed by atoms with Crippen molar-refractivity contribution in [1.82, 2.24) is 14.5 Å². The topological polar surface area (TPSA) is 50.9 Å². The Labute approximate surface area is 120 Å². The summed E-state index contributed by atoms with van der Waals surface area (Å²) < 4.78 is 2.11. The van der Waals surface area contributed by atoms with Crippen LogP contribution in [0.4, 0.5) is 0 Å². The number of aromatic nitrogens is 3. The lowest BCUT2D eigenvalue weighted by molar-refractivity contribution is 0.476. The lowest BCUT2D eigenvalue weighted by Crippen LogP contribution is -1.98. The Hall–Kier alpha value is -2.07. The highest BCUT2D eigenvalue weighted by Gasteiger charge is 2.30. The van der Waals surface area contributed by atoms with Crippen LogP contribution in [0.2, 0.25) is 5.02 Å². The zero-order chi connectivity index (χ0) is 13.7. The van der Waals surface area contributed by atoms with E-state index in [0.717, 1.165) is 29.8 Å². The molecular formula is C15H12ClN3O. The number of phenolic OH excluding ortho intramolecular Hbond substituents is 1. The molecular weight excluding hydrogens is 274 g/mol. The fourth-order valence-electron chi connectivity index (χ4n) is 2.49. The summed E-state index contributed by atoms with van der Waals surface area (Å²) in [5, 5.41) is 10.7. The average molecular weight is 286 g/mol. The quantitative estimate of drug-likeness (QED) is 0.779. The van der Waals surface area contributed by atoms with Crippen molar-refractivity contribution in [2.75, 3.05) is 0 Å². The Kier molecular flexibility index (Phi) is 2.47. The van der Waals surface area contributed by atoms with Gasteiger partial charge in [-0.15, -0.1) is 0 Å². The van der Waals surface area contributed by atoms with E-state index in [4.69, 9.17) is 11.6 Å².